The van der Waals surface area contributed by atoms with Crippen LogP contribution in [0.15, 0.2) is 35.9 Å². The molecule has 0 bridgehead atoms. The minimum atomic E-state index is -0.122. The third kappa shape index (κ3) is 1.82. The minimum Gasteiger partial charge on any atom is -0.396 e. The Kier molecular flexibility index (Phi) is 2.97. The Morgan fingerprint density at radius 3 is 2.44 bits per heavy atom. The van der Waals surface area contributed by atoms with Crippen LogP contribution < -0.4 is 0 Å². The van der Waals surface area contributed by atoms with Crippen LogP contribution in [-0.4, -0.2) is 23.3 Å². The van der Waals surface area contributed by atoms with Crippen molar-refractivity contribution in [3.63, 3.8) is 0 Å². The first kappa shape index (κ1) is 10.8. The van der Waals surface area contributed by atoms with Gasteiger partial charge in [-0.25, -0.2) is 0 Å². The van der Waals surface area contributed by atoms with E-state index in [-0.39, 0.29) is 18.2 Å². The average Bonchev–Trinajstić information content (AvgIpc) is 2.32. The van der Waals surface area contributed by atoms with Gasteiger partial charge in [-0.2, -0.15) is 0 Å². The van der Waals surface area contributed by atoms with Crippen LogP contribution in [0.3, 0.4) is 0 Å². The van der Waals surface area contributed by atoms with E-state index in [0.717, 1.165) is 0 Å². The molecule has 0 amide bonds. The Morgan fingerprint density at radius 1 is 1.06 bits per heavy atom. The fraction of sp³-hybridized carbons (Fsp3) is 0.231. The molecule has 82 valence electrons. The molecule has 0 radical (unpaired) electrons. The summed E-state index contributed by atoms with van der Waals surface area (Å²) < 4.78 is 0. The molecule has 3 nitrogen and oxygen atoms in total. The number of hydrogen-bond donors (Lipinski definition) is 1. The SMILES string of the molecule is O=C1C=C(CCCO)C(=O)c2ccccc21. The number of ketones is 2. The lowest BCUT2D eigenvalue weighted by atomic mass is 9.88. The van der Waals surface area contributed by atoms with Gasteiger partial charge in [0.25, 0.3) is 0 Å². The highest BCUT2D eigenvalue weighted by Gasteiger charge is 2.24. The van der Waals surface area contributed by atoms with Gasteiger partial charge in [0.2, 0.25) is 0 Å². The second kappa shape index (κ2) is 4.41. The third-order valence-electron chi connectivity index (χ3n) is 2.64. The van der Waals surface area contributed by atoms with E-state index < -0.39 is 0 Å². The zero-order chi connectivity index (χ0) is 11.5. The van der Waals surface area contributed by atoms with E-state index in [2.05, 4.69) is 0 Å². The summed E-state index contributed by atoms with van der Waals surface area (Å²) in [4.78, 5) is 23.7. The van der Waals surface area contributed by atoms with Crippen molar-refractivity contribution in [3.8, 4) is 0 Å². The summed E-state index contributed by atoms with van der Waals surface area (Å²) in [5.74, 6) is -0.216. The maximum Gasteiger partial charge on any atom is 0.189 e. The molecule has 1 N–H and O–H groups in total. The van der Waals surface area contributed by atoms with E-state index >= 15 is 0 Å². The second-order valence-corrected chi connectivity index (χ2v) is 3.74. The van der Waals surface area contributed by atoms with Crippen molar-refractivity contribution >= 4 is 11.6 Å². The van der Waals surface area contributed by atoms with Crippen LogP contribution in [0.25, 0.3) is 0 Å². The quantitative estimate of drug-likeness (QED) is 0.837. The molecule has 0 heterocycles. The predicted octanol–water partition coefficient (Wildman–Crippen LogP) is 1.76. The second-order valence-electron chi connectivity index (χ2n) is 3.74. The number of aliphatic hydroxyl groups is 1. The number of Topliss-reactive ketones (excluding diaryl/α,β-unsaturated/α-hetero) is 1. The number of hydrogen-bond acceptors (Lipinski definition) is 3. The van der Waals surface area contributed by atoms with Crippen molar-refractivity contribution in [2.75, 3.05) is 6.61 Å². The van der Waals surface area contributed by atoms with Crippen LogP contribution in [0.2, 0.25) is 0 Å². The first-order chi connectivity index (χ1) is 7.74. The molecule has 0 atom stereocenters. The van der Waals surface area contributed by atoms with E-state index in [4.69, 9.17) is 5.11 Å². The van der Waals surface area contributed by atoms with E-state index in [0.29, 0.717) is 29.5 Å². The number of carbonyl (C=O) groups excluding carboxylic acids is 2. The van der Waals surface area contributed by atoms with E-state index in [1.807, 2.05) is 0 Å². The molecule has 0 fully saturated rings. The topological polar surface area (TPSA) is 54.4 Å². The summed E-state index contributed by atoms with van der Waals surface area (Å²) in [7, 11) is 0. The fourth-order valence-electron chi connectivity index (χ4n) is 1.83. The Bertz CT molecular complexity index is 472. The van der Waals surface area contributed by atoms with Crippen molar-refractivity contribution in [1.82, 2.24) is 0 Å². The lowest BCUT2D eigenvalue weighted by Gasteiger charge is -2.14. The van der Waals surface area contributed by atoms with E-state index in [1.165, 1.54) is 6.08 Å². The van der Waals surface area contributed by atoms with Gasteiger partial charge in [0.05, 0.1) is 0 Å². The molecule has 0 unspecified atom stereocenters. The molecule has 1 aliphatic rings. The molecule has 0 saturated carbocycles. The maximum atomic E-state index is 12.0. The van der Waals surface area contributed by atoms with Gasteiger partial charge in [0.15, 0.2) is 11.6 Å². The highest BCUT2D eigenvalue weighted by molar-refractivity contribution is 6.24. The number of fused-ring (bicyclic) bond motifs is 1. The molecule has 0 spiro atoms. The standard InChI is InChI=1S/C13H12O3/c14-7-3-4-9-8-12(15)10-5-1-2-6-11(10)13(9)16/h1-2,5-6,8,14H,3-4,7H2. The van der Waals surface area contributed by atoms with Crippen LogP contribution in [0.5, 0.6) is 0 Å². The molecule has 16 heavy (non-hydrogen) atoms. The molecular formula is C13H12O3. The Labute approximate surface area is 93.4 Å². The molecule has 1 aromatic carbocycles. The first-order valence-corrected chi connectivity index (χ1v) is 5.23. The van der Waals surface area contributed by atoms with Gasteiger partial charge in [0.1, 0.15) is 0 Å². The van der Waals surface area contributed by atoms with Gasteiger partial charge in [-0.1, -0.05) is 24.3 Å². The highest BCUT2D eigenvalue weighted by atomic mass is 16.3. The van der Waals surface area contributed by atoms with Gasteiger partial charge in [-0.3, -0.25) is 9.59 Å². The summed E-state index contributed by atoms with van der Waals surface area (Å²) in [5.41, 5.74) is 1.45. The van der Waals surface area contributed by atoms with Crippen LogP contribution in [0.4, 0.5) is 0 Å². The molecule has 0 aliphatic heterocycles. The van der Waals surface area contributed by atoms with Crippen molar-refractivity contribution in [2.24, 2.45) is 0 Å². The predicted molar refractivity (Wildman–Crippen MR) is 59.5 cm³/mol. The molecule has 0 saturated heterocycles. The normalized spacial score (nSPS) is 14.7. The van der Waals surface area contributed by atoms with Crippen LogP contribution >= 0.6 is 0 Å². The molecule has 1 aromatic rings. The van der Waals surface area contributed by atoms with Crippen LogP contribution in [0.1, 0.15) is 33.6 Å². The Morgan fingerprint density at radius 2 is 1.75 bits per heavy atom. The van der Waals surface area contributed by atoms with Gasteiger partial charge in [-0.05, 0) is 18.9 Å². The third-order valence-corrected chi connectivity index (χ3v) is 2.64. The first-order valence-electron chi connectivity index (χ1n) is 5.23. The zero-order valence-corrected chi connectivity index (χ0v) is 8.77. The van der Waals surface area contributed by atoms with Crippen LogP contribution in [-0.2, 0) is 0 Å². The number of rotatable bonds is 3. The largest absolute Gasteiger partial charge is 0.396 e. The molecular weight excluding hydrogens is 204 g/mol. The number of carbonyl (C=O) groups is 2. The van der Waals surface area contributed by atoms with Crippen molar-refractivity contribution in [1.29, 1.82) is 0 Å². The van der Waals surface area contributed by atoms with E-state index in [1.54, 1.807) is 24.3 Å². The van der Waals surface area contributed by atoms with Crippen molar-refractivity contribution in [2.45, 2.75) is 12.8 Å². The van der Waals surface area contributed by atoms with Crippen LogP contribution in [0, 0.1) is 0 Å². The minimum absolute atomic E-state index is 0.0282. The molecule has 2 rings (SSSR count). The molecule has 1 aliphatic carbocycles. The lowest BCUT2D eigenvalue weighted by Crippen LogP contribution is -2.16. The lowest BCUT2D eigenvalue weighted by molar-refractivity contribution is 0.0980. The smallest absolute Gasteiger partial charge is 0.189 e. The van der Waals surface area contributed by atoms with E-state index in [9.17, 15) is 9.59 Å². The Balaban J connectivity index is 2.36. The number of benzene rings is 1. The number of aliphatic hydroxyl groups excluding tert-OH is 1. The number of allylic oxidation sites excluding steroid dienone is 2. The fourth-order valence-corrected chi connectivity index (χ4v) is 1.83. The van der Waals surface area contributed by atoms with Gasteiger partial charge < -0.3 is 5.11 Å². The monoisotopic (exact) mass is 216 g/mol. The van der Waals surface area contributed by atoms with Gasteiger partial charge in [-0.15, -0.1) is 0 Å². The van der Waals surface area contributed by atoms with Crippen molar-refractivity contribution in [3.05, 3.63) is 47.0 Å². The highest BCUT2D eigenvalue weighted by Crippen LogP contribution is 2.23. The zero-order valence-electron chi connectivity index (χ0n) is 8.77. The summed E-state index contributed by atoms with van der Waals surface area (Å²) >= 11 is 0. The van der Waals surface area contributed by atoms with Gasteiger partial charge in [0, 0.05) is 23.3 Å². The molecule has 3 heteroatoms. The van der Waals surface area contributed by atoms with Gasteiger partial charge >= 0.3 is 0 Å². The average molecular weight is 216 g/mol. The van der Waals surface area contributed by atoms with Crippen molar-refractivity contribution < 1.29 is 14.7 Å². The molecule has 0 aromatic heterocycles. The summed E-state index contributed by atoms with van der Waals surface area (Å²) in [5, 5.41) is 8.72. The summed E-state index contributed by atoms with van der Waals surface area (Å²) in [6.45, 7) is 0.0282. The summed E-state index contributed by atoms with van der Waals surface area (Å²) in [6.07, 6.45) is 2.35. The maximum absolute atomic E-state index is 12.0. The Hall–Kier alpha value is -1.74. The summed E-state index contributed by atoms with van der Waals surface area (Å²) in [6, 6.07) is 6.83.